The molecular formula is C46H62N12O3. The summed E-state index contributed by atoms with van der Waals surface area (Å²) in [6.07, 6.45) is 9.74. The number of rotatable bonds is 20. The van der Waals surface area contributed by atoms with Crippen LogP contribution in [0.1, 0.15) is 73.6 Å². The molecule has 0 radical (unpaired) electrons. The van der Waals surface area contributed by atoms with Gasteiger partial charge in [0.05, 0.1) is 26.3 Å². The molecule has 2 aliphatic heterocycles. The summed E-state index contributed by atoms with van der Waals surface area (Å²) in [5.74, 6) is 3.25. The van der Waals surface area contributed by atoms with Gasteiger partial charge in [-0.2, -0.15) is 0 Å². The Morgan fingerprint density at radius 1 is 0.459 bits per heavy atom. The van der Waals surface area contributed by atoms with E-state index < -0.39 is 0 Å². The number of nitrogens with zero attached hydrogens (tertiary/aromatic N) is 10. The number of tetrazole rings is 2. The van der Waals surface area contributed by atoms with Gasteiger partial charge >= 0.3 is 0 Å². The Labute approximate surface area is 359 Å². The zero-order chi connectivity index (χ0) is 40.9. The normalized spacial score (nSPS) is 14.3. The van der Waals surface area contributed by atoms with E-state index in [9.17, 15) is 0 Å². The quantitative estimate of drug-likeness (QED) is 0.0820. The number of hydrogen-bond acceptors (Lipinski definition) is 12. The molecule has 0 aliphatic carbocycles. The molecule has 324 valence electrons. The molecule has 0 spiro atoms. The largest absolute Gasteiger partial charge is 0.494 e. The van der Waals surface area contributed by atoms with Crippen molar-refractivity contribution in [2.45, 2.75) is 77.5 Å². The Balaban J connectivity index is 0.000000201. The van der Waals surface area contributed by atoms with Crippen molar-refractivity contribution in [1.29, 1.82) is 0 Å². The fourth-order valence-electron chi connectivity index (χ4n) is 7.53. The first-order chi connectivity index (χ1) is 29.7. The third-order valence-electron chi connectivity index (χ3n) is 10.7. The zero-order valence-corrected chi connectivity index (χ0v) is 35.3. The molecule has 8 rings (SSSR count). The Bertz CT molecular complexity index is 1940. The standard InChI is InChI=1S/2C23H30N6O.H2O/c2*1-3-9-20(10-4-1)19-29-23(25-26-27-29)24-13-8-16-30-22-12-7-11-21(17-22)18-28-14-5-2-6-15-28;/h2*1,3-4,7,9-12,17H,2,5-6,8,13-16,18-19H2,(H,24,25,27);1H2. The lowest BCUT2D eigenvalue weighted by Gasteiger charge is -2.26. The summed E-state index contributed by atoms with van der Waals surface area (Å²) in [6, 6.07) is 37.3. The highest BCUT2D eigenvalue weighted by atomic mass is 16.5. The maximum Gasteiger partial charge on any atom is 0.243 e. The maximum absolute atomic E-state index is 5.96. The highest BCUT2D eigenvalue weighted by molar-refractivity contribution is 5.30. The molecule has 0 unspecified atom stereocenters. The van der Waals surface area contributed by atoms with Crippen molar-refractivity contribution in [3.05, 3.63) is 131 Å². The lowest BCUT2D eigenvalue weighted by molar-refractivity contribution is 0.220. The van der Waals surface area contributed by atoms with Crippen LogP contribution in [0.25, 0.3) is 0 Å². The van der Waals surface area contributed by atoms with Gasteiger partial charge < -0.3 is 25.6 Å². The number of hydrogen-bond donors (Lipinski definition) is 2. The molecule has 4 N–H and O–H groups in total. The van der Waals surface area contributed by atoms with Crippen molar-refractivity contribution in [2.75, 3.05) is 63.1 Å². The molecule has 4 aromatic carbocycles. The number of likely N-dealkylation sites (tertiary alicyclic amines) is 2. The van der Waals surface area contributed by atoms with Gasteiger partial charge in [-0.3, -0.25) is 9.80 Å². The predicted octanol–water partition coefficient (Wildman–Crippen LogP) is 6.35. The second kappa shape index (κ2) is 25.0. The minimum atomic E-state index is 0. The molecule has 0 saturated carbocycles. The van der Waals surface area contributed by atoms with Gasteiger partial charge in [0.15, 0.2) is 0 Å². The van der Waals surface area contributed by atoms with Gasteiger partial charge in [0.25, 0.3) is 0 Å². The van der Waals surface area contributed by atoms with Crippen LogP contribution in [0, 0.1) is 0 Å². The SMILES string of the molecule is O.c1ccc(Cn2nnnc2NCCCOc2cccc(CN3CCCCC3)c2)cc1.c1ccc(Cn2nnnc2NCCCOc2cccc(CN3CCCCC3)c2)cc1. The predicted molar refractivity (Wildman–Crippen MR) is 239 cm³/mol. The van der Waals surface area contributed by atoms with Crippen LogP contribution in [0.2, 0.25) is 0 Å². The van der Waals surface area contributed by atoms with Gasteiger partial charge in [0, 0.05) is 26.2 Å². The number of aromatic nitrogens is 8. The van der Waals surface area contributed by atoms with Crippen LogP contribution in [-0.4, -0.2) is 108 Å². The number of benzene rings is 4. The molecule has 15 heteroatoms. The first-order valence-electron chi connectivity index (χ1n) is 21.7. The monoisotopic (exact) mass is 831 g/mol. The molecule has 2 aromatic heterocycles. The van der Waals surface area contributed by atoms with E-state index in [2.05, 4.69) is 112 Å². The number of ether oxygens (including phenoxy) is 2. The first-order valence-corrected chi connectivity index (χ1v) is 21.7. The van der Waals surface area contributed by atoms with Gasteiger partial charge in [-0.1, -0.05) is 108 Å². The van der Waals surface area contributed by atoms with Crippen LogP contribution in [-0.2, 0) is 26.2 Å². The number of anilines is 2. The summed E-state index contributed by atoms with van der Waals surface area (Å²) >= 11 is 0. The van der Waals surface area contributed by atoms with Crippen molar-refractivity contribution >= 4 is 11.9 Å². The topological polar surface area (TPSA) is 168 Å². The summed E-state index contributed by atoms with van der Waals surface area (Å²) in [5.41, 5.74) is 4.99. The summed E-state index contributed by atoms with van der Waals surface area (Å²) in [4.78, 5) is 5.07. The molecule has 2 saturated heterocycles. The summed E-state index contributed by atoms with van der Waals surface area (Å²) in [6.45, 7) is 11.0. The summed E-state index contributed by atoms with van der Waals surface area (Å²) < 4.78 is 15.5. The number of piperidine rings is 2. The van der Waals surface area contributed by atoms with E-state index in [1.807, 2.05) is 48.5 Å². The van der Waals surface area contributed by atoms with Gasteiger partial charge in [0.2, 0.25) is 11.9 Å². The Morgan fingerprint density at radius 3 is 1.30 bits per heavy atom. The van der Waals surface area contributed by atoms with Crippen molar-refractivity contribution in [1.82, 2.24) is 50.2 Å². The Kier molecular flexibility index (Phi) is 18.3. The molecule has 0 atom stereocenters. The average molecular weight is 831 g/mol. The fraction of sp³-hybridized carbons (Fsp3) is 0.435. The molecule has 0 bridgehead atoms. The smallest absolute Gasteiger partial charge is 0.243 e. The third kappa shape index (κ3) is 15.3. The van der Waals surface area contributed by atoms with E-state index in [0.717, 1.165) is 50.5 Å². The van der Waals surface area contributed by atoms with Gasteiger partial charge in [0.1, 0.15) is 11.5 Å². The highest BCUT2D eigenvalue weighted by Gasteiger charge is 2.13. The average Bonchev–Trinajstić information content (AvgIpc) is 3.94. The fourth-order valence-corrected chi connectivity index (χ4v) is 7.53. The van der Waals surface area contributed by atoms with Crippen LogP contribution >= 0.6 is 0 Å². The van der Waals surface area contributed by atoms with E-state index in [-0.39, 0.29) is 5.48 Å². The lowest BCUT2D eigenvalue weighted by Crippen LogP contribution is -2.29. The molecule has 6 aromatic rings. The van der Waals surface area contributed by atoms with Crippen LogP contribution in [0.4, 0.5) is 11.9 Å². The van der Waals surface area contributed by atoms with Gasteiger partial charge in [-0.25, -0.2) is 9.36 Å². The van der Waals surface area contributed by atoms with E-state index in [4.69, 9.17) is 9.47 Å². The molecule has 15 nitrogen and oxygen atoms in total. The van der Waals surface area contributed by atoms with Gasteiger partial charge in [-0.05, 0) is 132 Å². The summed E-state index contributed by atoms with van der Waals surface area (Å²) in [7, 11) is 0. The van der Waals surface area contributed by atoms with Crippen molar-refractivity contribution in [2.24, 2.45) is 0 Å². The molecular weight excluding hydrogens is 769 g/mol. The van der Waals surface area contributed by atoms with E-state index >= 15 is 0 Å². The second-order valence-corrected chi connectivity index (χ2v) is 15.5. The van der Waals surface area contributed by atoms with E-state index in [1.165, 1.54) is 87.0 Å². The van der Waals surface area contributed by atoms with Crippen LogP contribution in [0.3, 0.4) is 0 Å². The van der Waals surface area contributed by atoms with Crippen molar-refractivity contribution in [3.8, 4) is 11.5 Å². The number of nitrogens with one attached hydrogen (secondary N) is 2. The maximum atomic E-state index is 5.96. The zero-order valence-electron chi connectivity index (χ0n) is 35.3. The van der Waals surface area contributed by atoms with Gasteiger partial charge in [-0.15, -0.1) is 0 Å². The van der Waals surface area contributed by atoms with E-state index in [0.29, 0.717) is 38.2 Å². The molecule has 2 fully saturated rings. The minimum Gasteiger partial charge on any atom is -0.494 e. The lowest BCUT2D eigenvalue weighted by atomic mass is 10.1. The Hall–Kier alpha value is -5.90. The third-order valence-corrected chi connectivity index (χ3v) is 10.7. The summed E-state index contributed by atoms with van der Waals surface area (Å²) in [5, 5.41) is 30.5. The Morgan fingerprint density at radius 2 is 0.869 bits per heavy atom. The second-order valence-electron chi connectivity index (χ2n) is 15.5. The van der Waals surface area contributed by atoms with E-state index in [1.54, 1.807) is 9.36 Å². The minimum absolute atomic E-state index is 0. The molecule has 0 amide bonds. The first kappa shape index (κ1) is 44.6. The molecule has 61 heavy (non-hydrogen) atoms. The highest BCUT2D eigenvalue weighted by Crippen LogP contribution is 2.20. The van der Waals surface area contributed by atoms with Crippen LogP contribution < -0.4 is 20.1 Å². The van der Waals surface area contributed by atoms with Crippen LogP contribution in [0.5, 0.6) is 11.5 Å². The van der Waals surface area contributed by atoms with Crippen LogP contribution in [0.15, 0.2) is 109 Å². The van der Waals surface area contributed by atoms with Crippen molar-refractivity contribution in [3.63, 3.8) is 0 Å². The molecule has 2 aliphatic rings. The molecule has 4 heterocycles. The van der Waals surface area contributed by atoms with Crippen molar-refractivity contribution < 1.29 is 14.9 Å².